The van der Waals surface area contributed by atoms with E-state index in [1.165, 1.54) is 19.2 Å². The molecule has 1 atom stereocenters. The minimum Gasteiger partial charge on any atom is -0.383 e. The third-order valence-electron chi connectivity index (χ3n) is 5.27. The number of nitriles is 1. The number of rotatable bonds is 5. The first kappa shape index (κ1) is 17.3. The van der Waals surface area contributed by atoms with E-state index in [-0.39, 0.29) is 6.04 Å². The molecule has 1 saturated carbocycles. The van der Waals surface area contributed by atoms with Gasteiger partial charge in [0.15, 0.2) is 5.65 Å². The fourth-order valence-corrected chi connectivity index (χ4v) is 3.47. The maximum absolute atomic E-state index is 9.19. The second kappa shape index (κ2) is 6.67. The summed E-state index contributed by atoms with van der Waals surface area (Å²) in [5, 5.41) is 19.1. The number of hydrogen-bond donors (Lipinski definition) is 1. The molecular weight excluding hydrogens is 366 g/mol. The van der Waals surface area contributed by atoms with Gasteiger partial charge < -0.3 is 5.73 Å². The van der Waals surface area contributed by atoms with E-state index in [9.17, 15) is 5.26 Å². The maximum Gasteiger partial charge on any atom is 0.164 e. The molecule has 0 aliphatic heterocycles. The molecular formula is C20H19N9. The molecule has 4 aromatic heterocycles. The Morgan fingerprint density at radius 1 is 1.31 bits per heavy atom. The van der Waals surface area contributed by atoms with Gasteiger partial charge in [0.05, 0.1) is 23.3 Å². The van der Waals surface area contributed by atoms with Crippen LogP contribution in [0.15, 0.2) is 36.9 Å². The van der Waals surface area contributed by atoms with Gasteiger partial charge in [-0.3, -0.25) is 4.68 Å². The van der Waals surface area contributed by atoms with E-state index in [0.717, 1.165) is 18.0 Å². The fraction of sp³-hybridized carbons (Fsp3) is 0.300. The number of fused-ring (bicyclic) bond motifs is 1. The predicted octanol–water partition coefficient (Wildman–Crippen LogP) is 2.56. The van der Waals surface area contributed by atoms with Crippen molar-refractivity contribution in [3.63, 3.8) is 0 Å². The molecule has 0 spiro atoms. The SMILES string of the molecule is CC(c1cnn(CC2CC2)c1)n1nc(-c2cccc(C#N)n2)c2c(N)ncnc21. The molecule has 1 fully saturated rings. The largest absolute Gasteiger partial charge is 0.383 e. The van der Waals surface area contributed by atoms with Crippen LogP contribution in [0.25, 0.3) is 22.4 Å². The lowest BCUT2D eigenvalue weighted by atomic mass is 10.2. The Balaban J connectivity index is 1.61. The lowest BCUT2D eigenvalue weighted by Gasteiger charge is -2.10. The van der Waals surface area contributed by atoms with Crippen molar-refractivity contribution in [1.82, 2.24) is 34.5 Å². The van der Waals surface area contributed by atoms with Crippen molar-refractivity contribution < 1.29 is 0 Å². The molecule has 9 heteroatoms. The maximum atomic E-state index is 9.19. The van der Waals surface area contributed by atoms with Gasteiger partial charge in [-0.2, -0.15) is 15.5 Å². The van der Waals surface area contributed by atoms with Crippen molar-refractivity contribution in [2.45, 2.75) is 32.4 Å². The summed E-state index contributed by atoms with van der Waals surface area (Å²) < 4.78 is 3.82. The zero-order valence-electron chi connectivity index (χ0n) is 15.9. The lowest BCUT2D eigenvalue weighted by Crippen LogP contribution is -2.09. The second-order valence-electron chi connectivity index (χ2n) is 7.39. The normalized spacial score (nSPS) is 14.8. The van der Waals surface area contributed by atoms with Crippen molar-refractivity contribution >= 4 is 16.9 Å². The van der Waals surface area contributed by atoms with Gasteiger partial charge in [-0.1, -0.05) is 6.07 Å². The van der Waals surface area contributed by atoms with Crippen LogP contribution in [0.5, 0.6) is 0 Å². The van der Waals surface area contributed by atoms with Gasteiger partial charge in [-0.15, -0.1) is 0 Å². The predicted molar refractivity (Wildman–Crippen MR) is 106 cm³/mol. The minimum atomic E-state index is -0.104. The van der Waals surface area contributed by atoms with Crippen LogP contribution in [0, 0.1) is 17.2 Å². The van der Waals surface area contributed by atoms with Crippen LogP contribution in [0.4, 0.5) is 5.82 Å². The van der Waals surface area contributed by atoms with E-state index in [1.807, 2.05) is 22.5 Å². The number of pyridine rings is 1. The smallest absolute Gasteiger partial charge is 0.164 e. The van der Waals surface area contributed by atoms with Gasteiger partial charge in [0.1, 0.15) is 29.6 Å². The highest BCUT2D eigenvalue weighted by atomic mass is 15.3. The van der Waals surface area contributed by atoms with Gasteiger partial charge in [-0.25, -0.2) is 19.6 Å². The molecule has 4 heterocycles. The fourth-order valence-electron chi connectivity index (χ4n) is 3.47. The highest BCUT2D eigenvalue weighted by Gasteiger charge is 2.24. The first-order valence-electron chi connectivity index (χ1n) is 9.52. The Kier molecular flexibility index (Phi) is 3.98. The molecule has 2 N–H and O–H groups in total. The van der Waals surface area contributed by atoms with E-state index >= 15 is 0 Å². The van der Waals surface area contributed by atoms with Crippen LogP contribution in [0.2, 0.25) is 0 Å². The van der Waals surface area contributed by atoms with Crippen molar-refractivity contribution in [3.05, 3.63) is 48.2 Å². The lowest BCUT2D eigenvalue weighted by molar-refractivity contribution is 0.556. The Labute approximate surface area is 166 Å². The Hall–Kier alpha value is -3.80. The molecule has 1 aliphatic carbocycles. The van der Waals surface area contributed by atoms with Crippen LogP contribution in [0.3, 0.4) is 0 Å². The van der Waals surface area contributed by atoms with Crippen LogP contribution in [-0.4, -0.2) is 34.5 Å². The van der Waals surface area contributed by atoms with E-state index in [4.69, 9.17) is 10.8 Å². The monoisotopic (exact) mass is 385 g/mol. The molecule has 0 bridgehead atoms. The molecule has 29 heavy (non-hydrogen) atoms. The summed E-state index contributed by atoms with van der Waals surface area (Å²) in [6.07, 6.45) is 7.93. The second-order valence-corrected chi connectivity index (χ2v) is 7.39. The van der Waals surface area contributed by atoms with Crippen molar-refractivity contribution in [3.8, 4) is 17.5 Å². The van der Waals surface area contributed by atoms with Gasteiger partial charge in [0.2, 0.25) is 0 Å². The van der Waals surface area contributed by atoms with Gasteiger partial charge in [0, 0.05) is 18.3 Å². The minimum absolute atomic E-state index is 0.104. The Morgan fingerprint density at radius 3 is 2.97 bits per heavy atom. The van der Waals surface area contributed by atoms with Gasteiger partial charge in [-0.05, 0) is 37.8 Å². The number of aromatic nitrogens is 7. The van der Waals surface area contributed by atoms with E-state index < -0.39 is 0 Å². The van der Waals surface area contributed by atoms with Crippen LogP contribution in [0.1, 0.15) is 37.1 Å². The molecule has 5 rings (SSSR count). The van der Waals surface area contributed by atoms with Crippen LogP contribution < -0.4 is 5.73 Å². The molecule has 1 aliphatic rings. The summed E-state index contributed by atoms with van der Waals surface area (Å²) in [6, 6.07) is 7.19. The number of nitrogens with zero attached hydrogens (tertiary/aromatic N) is 8. The van der Waals surface area contributed by atoms with Crippen LogP contribution in [-0.2, 0) is 6.54 Å². The average molecular weight is 385 g/mol. The summed E-state index contributed by atoms with van der Waals surface area (Å²) in [6.45, 7) is 3.00. The molecule has 4 aromatic rings. The van der Waals surface area contributed by atoms with Crippen molar-refractivity contribution in [2.75, 3.05) is 5.73 Å². The highest BCUT2D eigenvalue weighted by Crippen LogP contribution is 2.33. The number of hydrogen-bond acceptors (Lipinski definition) is 7. The Bertz CT molecular complexity index is 1240. The molecule has 0 aromatic carbocycles. The summed E-state index contributed by atoms with van der Waals surface area (Å²) in [4.78, 5) is 12.9. The highest BCUT2D eigenvalue weighted by molar-refractivity contribution is 5.97. The number of anilines is 1. The quantitative estimate of drug-likeness (QED) is 0.560. The third kappa shape index (κ3) is 3.08. The Morgan fingerprint density at radius 2 is 2.17 bits per heavy atom. The molecule has 0 radical (unpaired) electrons. The summed E-state index contributed by atoms with van der Waals surface area (Å²) in [7, 11) is 0. The van der Waals surface area contributed by atoms with Crippen LogP contribution >= 0.6 is 0 Å². The average Bonchev–Trinajstić information content (AvgIpc) is 3.27. The summed E-state index contributed by atoms with van der Waals surface area (Å²) in [5.74, 6) is 1.08. The zero-order chi connectivity index (χ0) is 20.0. The molecule has 1 unspecified atom stereocenters. The number of nitrogen functional groups attached to an aromatic ring is 1. The topological polar surface area (TPSA) is 124 Å². The third-order valence-corrected chi connectivity index (χ3v) is 5.27. The molecule has 0 amide bonds. The summed E-state index contributed by atoms with van der Waals surface area (Å²) in [5.41, 5.74) is 9.27. The van der Waals surface area contributed by atoms with E-state index in [2.05, 4.69) is 32.3 Å². The zero-order valence-corrected chi connectivity index (χ0v) is 15.9. The van der Waals surface area contributed by atoms with E-state index in [1.54, 1.807) is 18.2 Å². The summed E-state index contributed by atoms with van der Waals surface area (Å²) >= 11 is 0. The standard InChI is InChI=1S/C20H19N9/c1-12(14-8-25-28(10-14)9-13-5-6-13)29-20-17(19(22)23-11-24-20)18(27-29)16-4-2-3-15(7-21)26-16/h2-4,8,10-13H,5-6,9H2,1H3,(H2,22,23,24). The first-order valence-corrected chi connectivity index (χ1v) is 9.52. The van der Waals surface area contributed by atoms with Crippen molar-refractivity contribution in [2.24, 2.45) is 5.92 Å². The molecule has 9 nitrogen and oxygen atoms in total. The molecule has 144 valence electrons. The van der Waals surface area contributed by atoms with Gasteiger partial charge >= 0.3 is 0 Å². The molecule has 0 saturated heterocycles. The van der Waals surface area contributed by atoms with Crippen molar-refractivity contribution in [1.29, 1.82) is 5.26 Å². The van der Waals surface area contributed by atoms with E-state index in [0.29, 0.717) is 33.9 Å². The number of nitrogens with two attached hydrogens (primary N) is 1. The first-order chi connectivity index (χ1) is 14.1. The van der Waals surface area contributed by atoms with Gasteiger partial charge in [0.25, 0.3) is 0 Å².